The molecule has 1 aromatic carbocycles. The lowest BCUT2D eigenvalue weighted by molar-refractivity contribution is 0.324. The van der Waals surface area contributed by atoms with Gasteiger partial charge in [0, 0.05) is 11.6 Å². The topological polar surface area (TPSA) is 78.6 Å². The molecule has 0 atom stereocenters. The van der Waals surface area contributed by atoms with Crippen LogP contribution in [0.5, 0.6) is 17.2 Å². The van der Waals surface area contributed by atoms with Crippen LogP contribution in [0.25, 0.3) is 11.5 Å². The molecule has 0 radical (unpaired) electrons. The van der Waals surface area contributed by atoms with E-state index in [0.29, 0.717) is 40.8 Å². The van der Waals surface area contributed by atoms with E-state index in [1.54, 1.807) is 33.5 Å². The van der Waals surface area contributed by atoms with Gasteiger partial charge >= 0.3 is 6.01 Å². The maximum atomic E-state index is 5.72. The minimum atomic E-state index is 0.407. The van der Waals surface area contributed by atoms with Crippen molar-refractivity contribution in [3.05, 3.63) is 12.1 Å². The molecular formula is C16H21N3O4. The molecule has 1 saturated carbocycles. The molecule has 1 aliphatic rings. The average molecular weight is 319 g/mol. The summed E-state index contributed by atoms with van der Waals surface area (Å²) < 4.78 is 21.7. The predicted molar refractivity (Wildman–Crippen MR) is 85.3 cm³/mol. The average Bonchev–Trinajstić information content (AvgIpc) is 3.25. The molecule has 0 saturated heterocycles. The molecule has 1 aliphatic carbocycles. The van der Waals surface area contributed by atoms with Crippen molar-refractivity contribution < 1.29 is 18.6 Å². The van der Waals surface area contributed by atoms with Crippen LogP contribution < -0.4 is 19.5 Å². The van der Waals surface area contributed by atoms with E-state index in [1.165, 1.54) is 12.8 Å². The summed E-state index contributed by atoms with van der Waals surface area (Å²) in [5.41, 5.74) is 0.714. The number of ether oxygens (including phenoxy) is 3. The Balaban J connectivity index is 1.87. The van der Waals surface area contributed by atoms with Crippen LogP contribution in [0, 0.1) is 0 Å². The quantitative estimate of drug-likeness (QED) is 0.876. The molecular weight excluding hydrogens is 298 g/mol. The fourth-order valence-corrected chi connectivity index (χ4v) is 2.85. The molecule has 0 bridgehead atoms. The number of nitrogens with one attached hydrogen (secondary N) is 1. The van der Waals surface area contributed by atoms with Crippen LogP contribution in [0.15, 0.2) is 16.5 Å². The number of anilines is 1. The van der Waals surface area contributed by atoms with Gasteiger partial charge in [0.2, 0.25) is 11.6 Å². The van der Waals surface area contributed by atoms with E-state index in [9.17, 15) is 0 Å². The Bertz CT molecular complexity index is 640. The number of hydrogen-bond acceptors (Lipinski definition) is 7. The lowest BCUT2D eigenvalue weighted by Crippen LogP contribution is -2.14. The second-order valence-electron chi connectivity index (χ2n) is 5.45. The maximum absolute atomic E-state index is 5.72. The number of nitrogens with zero attached hydrogens (tertiary/aromatic N) is 2. The van der Waals surface area contributed by atoms with Gasteiger partial charge in [-0.25, -0.2) is 0 Å². The van der Waals surface area contributed by atoms with E-state index in [-0.39, 0.29) is 0 Å². The monoisotopic (exact) mass is 319 g/mol. The van der Waals surface area contributed by atoms with Gasteiger partial charge in [-0.15, -0.1) is 5.10 Å². The molecule has 124 valence electrons. The zero-order chi connectivity index (χ0) is 16.2. The number of rotatable bonds is 6. The Hall–Kier alpha value is -2.44. The predicted octanol–water partition coefficient (Wildman–Crippen LogP) is 3.12. The summed E-state index contributed by atoms with van der Waals surface area (Å²) >= 11 is 0. The van der Waals surface area contributed by atoms with Crippen molar-refractivity contribution in [2.24, 2.45) is 0 Å². The smallest absolute Gasteiger partial charge is 0.315 e. The van der Waals surface area contributed by atoms with Crippen molar-refractivity contribution >= 4 is 6.01 Å². The van der Waals surface area contributed by atoms with Crippen LogP contribution in [0.3, 0.4) is 0 Å². The van der Waals surface area contributed by atoms with Gasteiger partial charge in [0.05, 0.1) is 21.3 Å². The van der Waals surface area contributed by atoms with E-state index < -0.39 is 0 Å². The summed E-state index contributed by atoms with van der Waals surface area (Å²) in [6.07, 6.45) is 4.76. The molecule has 7 nitrogen and oxygen atoms in total. The van der Waals surface area contributed by atoms with Crippen molar-refractivity contribution in [1.82, 2.24) is 10.2 Å². The first-order chi connectivity index (χ1) is 11.2. The van der Waals surface area contributed by atoms with E-state index in [1.807, 2.05) is 0 Å². The van der Waals surface area contributed by atoms with Crippen LogP contribution >= 0.6 is 0 Å². The molecule has 2 aromatic rings. The maximum Gasteiger partial charge on any atom is 0.315 e. The van der Waals surface area contributed by atoms with Crippen LogP contribution in [0.2, 0.25) is 0 Å². The lowest BCUT2D eigenvalue weighted by atomic mass is 10.2. The van der Waals surface area contributed by atoms with Gasteiger partial charge in [0.1, 0.15) is 0 Å². The first-order valence-electron chi connectivity index (χ1n) is 7.65. The van der Waals surface area contributed by atoms with Crippen LogP contribution in [-0.2, 0) is 0 Å². The molecule has 7 heteroatoms. The summed E-state index contributed by atoms with van der Waals surface area (Å²) in [6.45, 7) is 0. The fourth-order valence-electron chi connectivity index (χ4n) is 2.85. The molecule has 3 rings (SSSR count). The SMILES string of the molecule is COc1cc(-c2nnc(NC3CCCC3)o2)cc(OC)c1OC. The van der Waals surface area contributed by atoms with Crippen LogP contribution in [-0.4, -0.2) is 37.6 Å². The van der Waals surface area contributed by atoms with Gasteiger partial charge in [0.15, 0.2) is 11.5 Å². The van der Waals surface area contributed by atoms with Crippen LogP contribution in [0.1, 0.15) is 25.7 Å². The van der Waals surface area contributed by atoms with Crippen molar-refractivity contribution in [3.63, 3.8) is 0 Å². The largest absolute Gasteiger partial charge is 0.493 e. The highest BCUT2D eigenvalue weighted by molar-refractivity contribution is 5.66. The minimum absolute atomic E-state index is 0.407. The number of aromatic nitrogens is 2. The van der Waals surface area contributed by atoms with Gasteiger partial charge in [0.25, 0.3) is 0 Å². The molecule has 1 heterocycles. The summed E-state index contributed by atoms with van der Waals surface area (Å²) in [5.74, 6) is 2.03. The first-order valence-corrected chi connectivity index (χ1v) is 7.65. The lowest BCUT2D eigenvalue weighted by Gasteiger charge is -2.12. The fraction of sp³-hybridized carbons (Fsp3) is 0.500. The Kier molecular flexibility index (Phi) is 4.55. The minimum Gasteiger partial charge on any atom is -0.493 e. The molecule has 23 heavy (non-hydrogen) atoms. The van der Waals surface area contributed by atoms with E-state index in [0.717, 1.165) is 12.8 Å². The highest BCUT2D eigenvalue weighted by Crippen LogP contribution is 2.41. The highest BCUT2D eigenvalue weighted by atomic mass is 16.5. The standard InChI is InChI=1S/C16H21N3O4/c1-20-12-8-10(9-13(21-2)14(12)22-3)15-18-19-16(23-15)17-11-6-4-5-7-11/h8-9,11H,4-7H2,1-3H3,(H,17,19). The molecule has 0 unspecified atom stereocenters. The second kappa shape index (κ2) is 6.76. The highest BCUT2D eigenvalue weighted by Gasteiger charge is 2.20. The van der Waals surface area contributed by atoms with E-state index >= 15 is 0 Å². The molecule has 1 fully saturated rings. The molecule has 0 aliphatic heterocycles. The third kappa shape index (κ3) is 3.18. The first kappa shape index (κ1) is 15.5. The van der Waals surface area contributed by atoms with Crippen molar-refractivity contribution in [1.29, 1.82) is 0 Å². The number of benzene rings is 1. The number of methoxy groups -OCH3 is 3. The molecule has 0 amide bonds. The summed E-state index contributed by atoms with van der Waals surface area (Å²) in [5, 5.41) is 11.5. The summed E-state index contributed by atoms with van der Waals surface area (Å²) in [6, 6.07) is 4.44. The van der Waals surface area contributed by atoms with E-state index in [2.05, 4.69) is 15.5 Å². The molecule has 1 N–H and O–H groups in total. The second-order valence-corrected chi connectivity index (χ2v) is 5.45. The Labute approximate surface area is 134 Å². The molecule has 0 spiro atoms. The Morgan fingerprint density at radius 2 is 1.65 bits per heavy atom. The van der Waals surface area contributed by atoms with Gasteiger partial charge in [-0.3, -0.25) is 0 Å². The third-order valence-corrected chi connectivity index (χ3v) is 4.02. The Morgan fingerprint density at radius 3 is 2.22 bits per heavy atom. The van der Waals surface area contributed by atoms with Crippen molar-refractivity contribution in [2.75, 3.05) is 26.6 Å². The van der Waals surface area contributed by atoms with Gasteiger partial charge in [-0.05, 0) is 25.0 Å². The van der Waals surface area contributed by atoms with Gasteiger partial charge < -0.3 is 23.9 Å². The zero-order valence-electron chi connectivity index (χ0n) is 13.6. The van der Waals surface area contributed by atoms with E-state index in [4.69, 9.17) is 18.6 Å². The van der Waals surface area contributed by atoms with Gasteiger partial charge in [-0.2, -0.15) is 0 Å². The normalized spacial score (nSPS) is 14.7. The van der Waals surface area contributed by atoms with Gasteiger partial charge in [-0.1, -0.05) is 17.9 Å². The molecule has 1 aromatic heterocycles. The zero-order valence-corrected chi connectivity index (χ0v) is 13.6. The van der Waals surface area contributed by atoms with Crippen molar-refractivity contribution in [3.8, 4) is 28.7 Å². The summed E-state index contributed by atoms with van der Waals surface area (Å²) in [7, 11) is 4.71. The summed E-state index contributed by atoms with van der Waals surface area (Å²) in [4.78, 5) is 0. The number of hydrogen-bond donors (Lipinski definition) is 1. The Morgan fingerprint density at radius 1 is 1.00 bits per heavy atom. The third-order valence-electron chi connectivity index (χ3n) is 4.02. The van der Waals surface area contributed by atoms with Crippen molar-refractivity contribution in [2.45, 2.75) is 31.7 Å². The van der Waals surface area contributed by atoms with Crippen LogP contribution in [0.4, 0.5) is 6.01 Å².